The van der Waals surface area contributed by atoms with Gasteiger partial charge >= 0.3 is 0 Å². The van der Waals surface area contributed by atoms with E-state index in [-0.39, 0.29) is 6.67 Å². The highest BCUT2D eigenvalue weighted by molar-refractivity contribution is 5.19. The fourth-order valence-corrected chi connectivity index (χ4v) is 2.22. The third-order valence-corrected chi connectivity index (χ3v) is 3.32. The summed E-state index contributed by atoms with van der Waals surface area (Å²) in [4.78, 5) is 0. The van der Waals surface area contributed by atoms with Gasteiger partial charge in [0.25, 0.3) is 0 Å². The summed E-state index contributed by atoms with van der Waals surface area (Å²) in [6.07, 6.45) is 3.75. The molecule has 0 heterocycles. The van der Waals surface area contributed by atoms with Crippen molar-refractivity contribution < 1.29 is 13.2 Å². The Morgan fingerprint density at radius 1 is 1.16 bits per heavy atom. The fraction of sp³-hybridized carbons (Fsp3) is 0.600. The van der Waals surface area contributed by atoms with Crippen molar-refractivity contribution in [2.24, 2.45) is 5.92 Å². The van der Waals surface area contributed by atoms with E-state index in [4.69, 9.17) is 0 Å². The summed E-state index contributed by atoms with van der Waals surface area (Å²) in [6, 6.07) is 3.72. The Bertz CT molecular complexity index is 368. The molecule has 0 saturated heterocycles. The number of alkyl halides is 1. The molecule has 0 radical (unpaired) electrons. The molecule has 0 aliphatic heterocycles. The van der Waals surface area contributed by atoms with Crippen molar-refractivity contribution in [3.05, 3.63) is 35.4 Å². The van der Waals surface area contributed by atoms with Crippen LogP contribution in [0.25, 0.3) is 0 Å². The van der Waals surface area contributed by atoms with Crippen molar-refractivity contribution in [3.63, 3.8) is 0 Å². The highest BCUT2D eigenvalue weighted by atomic mass is 19.1. The van der Waals surface area contributed by atoms with Crippen LogP contribution in [-0.4, -0.2) is 20.3 Å². The number of halogens is 3. The van der Waals surface area contributed by atoms with E-state index in [1.807, 2.05) is 7.05 Å². The maximum Gasteiger partial charge on any atom is 0.129 e. The van der Waals surface area contributed by atoms with Gasteiger partial charge in [-0.15, -0.1) is 0 Å². The molecule has 108 valence electrons. The zero-order valence-electron chi connectivity index (χ0n) is 11.4. The lowest BCUT2D eigenvalue weighted by Gasteiger charge is -2.17. The van der Waals surface area contributed by atoms with E-state index < -0.39 is 11.6 Å². The van der Waals surface area contributed by atoms with E-state index >= 15 is 0 Å². The molecule has 0 amide bonds. The van der Waals surface area contributed by atoms with Crippen molar-refractivity contribution in [2.75, 3.05) is 20.3 Å². The molecule has 0 saturated carbocycles. The van der Waals surface area contributed by atoms with Gasteiger partial charge in [-0.2, -0.15) is 0 Å². The molecule has 0 spiro atoms. The summed E-state index contributed by atoms with van der Waals surface area (Å²) in [7, 11) is 1.87. The van der Waals surface area contributed by atoms with Gasteiger partial charge in [-0.05, 0) is 56.8 Å². The van der Waals surface area contributed by atoms with Crippen LogP contribution in [0, 0.1) is 17.6 Å². The molecule has 0 aromatic heterocycles. The topological polar surface area (TPSA) is 12.0 Å². The maximum atomic E-state index is 13.6. The predicted molar refractivity (Wildman–Crippen MR) is 71.9 cm³/mol. The van der Waals surface area contributed by atoms with Crippen LogP contribution in [0.4, 0.5) is 13.2 Å². The fourth-order valence-electron chi connectivity index (χ4n) is 2.22. The molecule has 0 bridgehead atoms. The van der Waals surface area contributed by atoms with Gasteiger partial charge in [0.2, 0.25) is 0 Å². The van der Waals surface area contributed by atoms with Gasteiger partial charge in [-0.3, -0.25) is 4.39 Å². The predicted octanol–water partition coefficient (Wildman–Crippen LogP) is 3.87. The second kappa shape index (κ2) is 8.97. The summed E-state index contributed by atoms with van der Waals surface area (Å²) < 4.78 is 38.6. The van der Waals surface area contributed by atoms with Crippen LogP contribution in [0.1, 0.15) is 31.2 Å². The Labute approximate surface area is 113 Å². The quantitative estimate of drug-likeness (QED) is 0.673. The first kappa shape index (κ1) is 16.0. The van der Waals surface area contributed by atoms with Gasteiger partial charge in [-0.1, -0.05) is 12.5 Å². The summed E-state index contributed by atoms with van der Waals surface area (Å²) in [5.74, 6) is -0.732. The Morgan fingerprint density at radius 3 is 2.58 bits per heavy atom. The number of benzene rings is 1. The van der Waals surface area contributed by atoms with Crippen molar-refractivity contribution in [1.82, 2.24) is 5.32 Å². The van der Waals surface area contributed by atoms with Gasteiger partial charge in [0.15, 0.2) is 0 Å². The Kier molecular flexibility index (Phi) is 7.56. The molecule has 0 fully saturated rings. The first-order valence-electron chi connectivity index (χ1n) is 6.82. The van der Waals surface area contributed by atoms with Crippen molar-refractivity contribution in [1.29, 1.82) is 0 Å². The second-order valence-corrected chi connectivity index (χ2v) is 4.88. The molecule has 1 nitrogen and oxygen atoms in total. The van der Waals surface area contributed by atoms with E-state index in [0.717, 1.165) is 31.9 Å². The zero-order valence-corrected chi connectivity index (χ0v) is 11.4. The lowest BCUT2D eigenvalue weighted by Crippen LogP contribution is -2.15. The van der Waals surface area contributed by atoms with Gasteiger partial charge in [0, 0.05) is 6.07 Å². The standard InChI is InChI=1S/C15H22F3N/c1-19-9-7-12(4-2-3-8-16)10-13-5-6-14(17)11-15(13)18/h5-6,11-12,19H,2-4,7-10H2,1H3. The van der Waals surface area contributed by atoms with Gasteiger partial charge in [-0.25, -0.2) is 8.78 Å². The van der Waals surface area contributed by atoms with E-state index in [9.17, 15) is 13.2 Å². The van der Waals surface area contributed by atoms with Crippen LogP contribution in [0.15, 0.2) is 18.2 Å². The zero-order chi connectivity index (χ0) is 14.1. The van der Waals surface area contributed by atoms with Gasteiger partial charge in [0.05, 0.1) is 6.67 Å². The molecule has 1 aromatic carbocycles. The number of hydrogen-bond donors (Lipinski definition) is 1. The smallest absolute Gasteiger partial charge is 0.129 e. The third kappa shape index (κ3) is 6.10. The minimum Gasteiger partial charge on any atom is -0.320 e. The molecule has 1 atom stereocenters. The molecule has 0 aliphatic carbocycles. The molecule has 1 N–H and O–H groups in total. The van der Waals surface area contributed by atoms with Crippen LogP contribution in [0.2, 0.25) is 0 Å². The molecule has 1 unspecified atom stereocenters. The minimum absolute atomic E-state index is 0.302. The van der Waals surface area contributed by atoms with E-state index in [1.165, 1.54) is 12.1 Å². The minimum atomic E-state index is -0.551. The first-order valence-corrected chi connectivity index (χ1v) is 6.82. The lowest BCUT2D eigenvalue weighted by atomic mass is 9.91. The van der Waals surface area contributed by atoms with Crippen LogP contribution in [0.3, 0.4) is 0 Å². The second-order valence-electron chi connectivity index (χ2n) is 4.88. The molecule has 1 rings (SSSR count). The Hall–Kier alpha value is -1.03. The monoisotopic (exact) mass is 273 g/mol. The van der Waals surface area contributed by atoms with Gasteiger partial charge in [0.1, 0.15) is 11.6 Å². The van der Waals surface area contributed by atoms with Crippen LogP contribution in [-0.2, 0) is 6.42 Å². The maximum absolute atomic E-state index is 13.6. The number of nitrogens with one attached hydrogen (secondary N) is 1. The average molecular weight is 273 g/mol. The SMILES string of the molecule is CNCCC(CCCCF)Cc1ccc(F)cc1F. The third-order valence-electron chi connectivity index (χ3n) is 3.32. The number of unbranched alkanes of at least 4 members (excludes halogenated alkanes) is 1. The molecule has 19 heavy (non-hydrogen) atoms. The summed E-state index contributed by atoms with van der Waals surface area (Å²) in [5.41, 5.74) is 0.544. The Morgan fingerprint density at radius 2 is 1.95 bits per heavy atom. The Balaban J connectivity index is 2.58. The first-order chi connectivity index (χ1) is 9.17. The van der Waals surface area contributed by atoms with Crippen molar-refractivity contribution in [2.45, 2.75) is 32.1 Å². The lowest BCUT2D eigenvalue weighted by molar-refractivity contribution is 0.388. The number of rotatable bonds is 9. The van der Waals surface area contributed by atoms with Crippen molar-refractivity contribution >= 4 is 0 Å². The summed E-state index contributed by atoms with van der Waals surface area (Å²) in [6.45, 7) is 0.548. The molecule has 0 aliphatic rings. The van der Waals surface area contributed by atoms with Gasteiger partial charge < -0.3 is 5.32 Å². The number of hydrogen-bond acceptors (Lipinski definition) is 1. The summed E-state index contributed by atoms with van der Waals surface area (Å²) >= 11 is 0. The highest BCUT2D eigenvalue weighted by Gasteiger charge is 2.12. The molecular weight excluding hydrogens is 251 g/mol. The van der Waals surface area contributed by atoms with Crippen LogP contribution < -0.4 is 5.32 Å². The van der Waals surface area contributed by atoms with E-state index in [0.29, 0.717) is 24.3 Å². The molecule has 4 heteroatoms. The van der Waals surface area contributed by atoms with Crippen molar-refractivity contribution in [3.8, 4) is 0 Å². The summed E-state index contributed by atoms with van der Waals surface area (Å²) in [5, 5.41) is 3.07. The molecular formula is C15H22F3N. The van der Waals surface area contributed by atoms with Crippen LogP contribution in [0.5, 0.6) is 0 Å². The largest absolute Gasteiger partial charge is 0.320 e. The van der Waals surface area contributed by atoms with Crippen LogP contribution >= 0.6 is 0 Å². The van der Waals surface area contributed by atoms with E-state index in [2.05, 4.69) is 5.32 Å². The molecule has 1 aromatic rings. The normalized spacial score (nSPS) is 12.6. The van der Waals surface area contributed by atoms with E-state index in [1.54, 1.807) is 0 Å². The average Bonchev–Trinajstić information content (AvgIpc) is 2.39. The highest BCUT2D eigenvalue weighted by Crippen LogP contribution is 2.21.